The summed E-state index contributed by atoms with van der Waals surface area (Å²) >= 11 is 0. The number of amides is 1. The topological polar surface area (TPSA) is 72.7 Å². The van der Waals surface area contributed by atoms with E-state index >= 15 is 0 Å². The molecule has 0 atom stereocenters. The van der Waals surface area contributed by atoms with Crippen molar-refractivity contribution in [1.29, 1.82) is 0 Å². The Balaban J connectivity index is 1.49. The number of nitrogens with zero attached hydrogens (tertiary/aromatic N) is 4. The fraction of sp³-hybridized carbons (Fsp3) is 0.300. The lowest BCUT2D eigenvalue weighted by atomic mass is 9.90. The SMILES string of the molecule is Cc1nnnn1-c1cc(NC(=O)Cc2ccc3c(c2)CCCC3)ccc1F. The lowest BCUT2D eigenvalue weighted by molar-refractivity contribution is -0.115. The number of aryl methyl sites for hydroxylation is 3. The molecule has 0 aliphatic heterocycles. The molecule has 0 fully saturated rings. The standard InChI is InChI=1S/C20H20FN5O/c1-13-23-24-25-26(13)19-12-17(8-9-18(19)21)22-20(27)11-14-6-7-15-4-2-3-5-16(15)10-14/h6-10,12H,2-5,11H2,1H3,(H,22,27). The molecular formula is C20H20FN5O. The van der Waals surface area contributed by atoms with Crippen LogP contribution in [0.1, 0.15) is 35.4 Å². The van der Waals surface area contributed by atoms with Crippen LogP contribution in [0.5, 0.6) is 0 Å². The van der Waals surface area contributed by atoms with Gasteiger partial charge in [-0.1, -0.05) is 18.2 Å². The van der Waals surface area contributed by atoms with Gasteiger partial charge < -0.3 is 5.32 Å². The molecule has 2 aromatic carbocycles. The van der Waals surface area contributed by atoms with E-state index in [1.807, 2.05) is 6.07 Å². The Hall–Kier alpha value is -3.09. The van der Waals surface area contributed by atoms with Crippen LogP contribution in [-0.2, 0) is 24.1 Å². The molecule has 0 saturated heterocycles. The summed E-state index contributed by atoms with van der Waals surface area (Å²) in [5, 5.41) is 13.9. The fourth-order valence-electron chi connectivity index (χ4n) is 3.49. The first-order valence-corrected chi connectivity index (χ1v) is 9.05. The zero-order valence-corrected chi connectivity index (χ0v) is 15.1. The normalized spacial score (nSPS) is 13.3. The quantitative estimate of drug-likeness (QED) is 0.771. The van der Waals surface area contributed by atoms with Gasteiger partial charge in [-0.3, -0.25) is 4.79 Å². The number of benzene rings is 2. The van der Waals surface area contributed by atoms with Gasteiger partial charge in [-0.15, -0.1) is 5.10 Å². The number of halogens is 1. The molecule has 1 aromatic heterocycles. The second kappa shape index (κ2) is 7.26. The number of carbonyl (C=O) groups is 1. The Morgan fingerprint density at radius 1 is 1.15 bits per heavy atom. The molecule has 6 nitrogen and oxygen atoms in total. The highest BCUT2D eigenvalue weighted by Crippen LogP contribution is 2.23. The highest BCUT2D eigenvalue weighted by atomic mass is 19.1. The fourth-order valence-corrected chi connectivity index (χ4v) is 3.49. The zero-order chi connectivity index (χ0) is 18.8. The van der Waals surface area contributed by atoms with Crippen molar-refractivity contribution in [3.05, 3.63) is 64.7 Å². The van der Waals surface area contributed by atoms with E-state index in [4.69, 9.17) is 0 Å². The Labute approximate surface area is 156 Å². The average Bonchev–Trinajstić information content (AvgIpc) is 3.09. The maximum absolute atomic E-state index is 14.1. The van der Waals surface area contributed by atoms with E-state index in [0.717, 1.165) is 18.4 Å². The predicted molar refractivity (Wildman–Crippen MR) is 99.3 cm³/mol. The summed E-state index contributed by atoms with van der Waals surface area (Å²) in [6.45, 7) is 1.68. The van der Waals surface area contributed by atoms with Crippen molar-refractivity contribution in [3.63, 3.8) is 0 Å². The van der Waals surface area contributed by atoms with Crippen molar-refractivity contribution in [2.75, 3.05) is 5.32 Å². The van der Waals surface area contributed by atoms with Crippen LogP contribution < -0.4 is 5.32 Å². The van der Waals surface area contributed by atoms with Crippen molar-refractivity contribution in [3.8, 4) is 5.69 Å². The molecule has 0 saturated carbocycles. The molecule has 4 rings (SSSR count). The Morgan fingerprint density at radius 3 is 2.74 bits per heavy atom. The van der Waals surface area contributed by atoms with E-state index < -0.39 is 5.82 Å². The smallest absolute Gasteiger partial charge is 0.228 e. The molecule has 1 aliphatic rings. The minimum Gasteiger partial charge on any atom is -0.326 e. The van der Waals surface area contributed by atoms with Crippen molar-refractivity contribution >= 4 is 11.6 Å². The predicted octanol–water partition coefficient (Wildman–Crippen LogP) is 3.17. The van der Waals surface area contributed by atoms with Crippen LogP contribution in [-0.4, -0.2) is 26.1 Å². The van der Waals surface area contributed by atoms with Gasteiger partial charge in [0.25, 0.3) is 0 Å². The highest BCUT2D eigenvalue weighted by molar-refractivity contribution is 5.92. The van der Waals surface area contributed by atoms with E-state index in [1.54, 1.807) is 6.92 Å². The van der Waals surface area contributed by atoms with Crippen molar-refractivity contribution in [1.82, 2.24) is 20.2 Å². The number of hydrogen-bond donors (Lipinski definition) is 1. The number of hydrogen-bond acceptors (Lipinski definition) is 4. The van der Waals surface area contributed by atoms with E-state index in [9.17, 15) is 9.18 Å². The first-order valence-electron chi connectivity index (χ1n) is 9.05. The van der Waals surface area contributed by atoms with Gasteiger partial charge in [0, 0.05) is 5.69 Å². The van der Waals surface area contributed by atoms with E-state index in [0.29, 0.717) is 11.5 Å². The molecule has 1 N–H and O–H groups in total. The van der Waals surface area contributed by atoms with Gasteiger partial charge in [-0.05, 0) is 77.9 Å². The van der Waals surface area contributed by atoms with Gasteiger partial charge in [0.05, 0.1) is 6.42 Å². The lowest BCUT2D eigenvalue weighted by Crippen LogP contribution is -2.15. The van der Waals surface area contributed by atoms with Crippen LogP contribution >= 0.6 is 0 Å². The number of nitrogens with one attached hydrogen (secondary N) is 1. The highest BCUT2D eigenvalue weighted by Gasteiger charge is 2.13. The molecule has 3 aromatic rings. The second-order valence-corrected chi connectivity index (χ2v) is 6.84. The van der Waals surface area contributed by atoms with E-state index in [2.05, 4.69) is 33.0 Å². The van der Waals surface area contributed by atoms with Crippen LogP contribution in [0, 0.1) is 12.7 Å². The molecular weight excluding hydrogens is 345 g/mol. The zero-order valence-electron chi connectivity index (χ0n) is 15.1. The van der Waals surface area contributed by atoms with Gasteiger partial charge in [-0.25, -0.2) is 4.39 Å². The first-order chi connectivity index (χ1) is 13.1. The molecule has 27 heavy (non-hydrogen) atoms. The maximum atomic E-state index is 14.1. The van der Waals surface area contributed by atoms with Crippen LogP contribution in [0.3, 0.4) is 0 Å². The van der Waals surface area contributed by atoms with Gasteiger partial charge in [-0.2, -0.15) is 4.68 Å². The summed E-state index contributed by atoms with van der Waals surface area (Å²) < 4.78 is 15.4. The van der Waals surface area contributed by atoms with E-state index in [1.165, 1.54) is 46.8 Å². The minimum absolute atomic E-state index is 0.142. The number of carbonyl (C=O) groups excluding carboxylic acids is 1. The number of rotatable bonds is 4. The number of tetrazole rings is 1. The molecule has 0 bridgehead atoms. The Bertz CT molecular complexity index is 998. The number of fused-ring (bicyclic) bond motifs is 1. The summed E-state index contributed by atoms with van der Waals surface area (Å²) in [6.07, 6.45) is 4.93. The summed E-state index contributed by atoms with van der Waals surface area (Å²) in [5.41, 5.74) is 4.44. The van der Waals surface area contributed by atoms with Crippen LogP contribution in [0.4, 0.5) is 10.1 Å². The van der Waals surface area contributed by atoms with Gasteiger partial charge in [0.1, 0.15) is 11.5 Å². The van der Waals surface area contributed by atoms with Crippen LogP contribution in [0.15, 0.2) is 36.4 Å². The minimum atomic E-state index is -0.460. The largest absolute Gasteiger partial charge is 0.326 e. The molecule has 138 valence electrons. The van der Waals surface area contributed by atoms with Gasteiger partial charge >= 0.3 is 0 Å². The summed E-state index contributed by atoms with van der Waals surface area (Å²) in [6, 6.07) is 10.6. The monoisotopic (exact) mass is 365 g/mol. The Kier molecular flexibility index (Phi) is 4.66. The third-order valence-corrected chi connectivity index (χ3v) is 4.86. The van der Waals surface area contributed by atoms with Crippen molar-refractivity contribution < 1.29 is 9.18 Å². The lowest BCUT2D eigenvalue weighted by Gasteiger charge is -2.16. The van der Waals surface area contributed by atoms with Gasteiger partial charge in [0.2, 0.25) is 5.91 Å². The van der Waals surface area contributed by atoms with Gasteiger partial charge in [0.15, 0.2) is 5.82 Å². The van der Waals surface area contributed by atoms with E-state index in [-0.39, 0.29) is 18.0 Å². The number of anilines is 1. The third-order valence-electron chi connectivity index (χ3n) is 4.86. The molecule has 1 amide bonds. The summed E-state index contributed by atoms with van der Waals surface area (Å²) in [7, 11) is 0. The first kappa shape index (κ1) is 17.3. The summed E-state index contributed by atoms with van der Waals surface area (Å²) in [4.78, 5) is 12.4. The Morgan fingerprint density at radius 2 is 1.96 bits per heavy atom. The molecule has 7 heteroatoms. The average molecular weight is 365 g/mol. The van der Waals surface area contributed by atoms with Crippen LogP contribution in [0.25, 0.3) is 5.69 Å². The number of aromatic nitrogens is 4. The van der Waals surface area contributed by atoms with Crippen LogP contribution in [0.2, 0.25) is 0 Å². The molecule has 1 heterocycles. The second-order valence-electron chi connectivity index (χ2n) is 6.84. The van der Waals surface area contributed by atoms with Crippen molar-refractivity contribution in [2.45, 2.75) is 39.0 Å². The maximum Gasteiger partial charge on any atom is 0.228 e. The molecule has 0 unspecified atom stereocenters. The third kappa shape index (κ3) is 3.72. The summed E-state index contributed by atoms with van der Waals surface area (Å²) in [5.74, 6) is -0.138. The molecule has 1 aliphatic carbocycles. The molecule has 0 spiro atoms. The van der Waals surface area contributed by atoms with Crippen molar-refractivity contribution in [2.24, 2.45) is 0 Å². The molecule has 0 radical (unpaired) electrons.